The highest BCUT2D eigenvalue weighted by atomic mass is 35.5. The lowest BCUT2D eigenvalue weighted by Gasteiger charge is -2.22. The van der Waals surface area contributed by atoms with Gasteiger partial charge < -0.3 is 15.5 Å². The number of carbonyl (C=O) groups is 2. The van der Waals surface area contributed by atoms with Crippen LogP contribution in [0.2, 0.25) is 10.0 Å². The van der Waals surface area contributed by atoms with E-state index in [2.05, 4.69) is 10.6 Å². The van der Waals surface area contributed by atoms with Gasteiger partial charge in [0.15, 0.2) is 0 Å². The standard InChI is InChI=1S/C22H26Cl2N2O4/c1-13(2)7-19(21(27)28)26-20(22(29)30)10-14-3-5-18(6-4-14)25-12-15-8-16(23)11-17(24)9-15/h3-6,8-9,11,13,19-20,25-26H,7,10,12H2,1-2H3,(H,27,28)(H,29,30). The third kappa shape index (κ3) is 7.86. The lowest BCUT2D eigenvalue weighted by molar-refractivity contribution is -0.142. The quantitative estimate of drug-likeness (QED) is 0.394. The Bertz CT molecular complexity index is 852. The molecule has 0 aliphatic carbocycles. The van der Waals surface area contributed by atoms with Gasteiger partial charge in [-0.05, 0) is 60.2 Å². The molecule has 2 rings (SSSR count). The van der Waals surface area contributed by atoms with E-state index in [0.717, 1.165) is 16.8 Å². The molecule has 0 heterocycles. The summed E-state index contributed by atoms with van der Waals surface area (Å²) in [6.45, 7) is 4.33. The molecule has 8 heteroatoms. The van der Waals surface area contributed by atoms with E-state index >= 15 is 0 Å². The van der Waals surface area contributed by atoms with Crippen LogP contribution >= 0.6 is 23.2 Å². The molecule has 2 aromatic rings. The molecule has 30 heavy (non-hydrogen) atoms. The van der Waals surface area contributed by atoms with Crippen molar-refractivity contribution in [1.82, 2.24) is 5.32 Å². The maximum Gasteiger partial charge on any atom is 0.321 e. The first-order valence-corrected chi connectivity index (χ1v) is 10.4. The van der Waals surface area contributed by atoms with Crippen molar-refractivity contribution in [2.24, 2.45) is 5.92 Å². The Kier molecular flexibility index (Phi) is 8.96. The van der Waals surface area contributed by atoms with Crippen LogP contribution in [0.15, 0.2) is 42.5 Å². The van der Waals surface area contributed by atoms with Crippen LogP contribution in [0, 0.1) is 5.92 Å². The Morgan fingerprint density at radius 3 is 1.97 bits per heavy atom. The molecule has 2 unspecified atom stereocenters. The van der Waals surface area contributed by atoms with E-state index < -0.39 is 24.0 Å². The second kappa shape index (κ2) is 11.2. The van der Waals surface area contributed by atoms with Gasteiger partial charge >= 0.3 is 11.9 Å². The maximum absolute atomic E-state index is 11.6. The molecule has 0 saturated carbocycles. The van der Waals surface area contributed by atoms with Gasteiger partial charge in [-0.2, -0.15) is 0 Å². The van der Waals surface area contributed by atoms with Crippen LogP contribution in [0.4, 0.5) is 5.69 Å². The third-order valence-electron chi connectivity index (χ3n) is 4.52. The average molecular weight is 453 g/mol. The predicted molar refractivity (Wildman–Crippen MR) is 119 cm³/mol. The SMILES string of the molecule is CC(C)CC(NC(Cc1ccc(NCc2cc(Cl)cc(Cl)c2)cc1)C(=O)O)C(=O)O. The second-order valence-electron chi connectivity index (χ2n) is 7.61. The van der Waals surface area contributed by atoms with Gasteiger partial charge in [-0.15, -0.1) is 0 Å². The number of aliphatic carboxylic acids is 2. The molecule has 0 bridgehead atoms. The van der Waals surface area contributed by atoms with E-state index in [1.54, 1.807) is 6.07 Å². The Hall–Kier alpha value is -2.28. The van der Waals surface area contributed by atoms with Gasteiger partial charge in [0.2, 0.25) is 0 Å². The molecular weight excluding hydrogens is 427 g/mol. The monoisotopic (exact) mass is 452 g/mol. The number of anilines is 1. The summed E-state index contributed by atoms with van der Waals surface area (Å²) in [5, 5.41) is 26.0. The van der Waals surface area contributed by atoms with Crippen LogP contribution in [0.3, 0.4) is 0 Å². The maximum atomic E-state index is 11.6. The van der Waals surface area contributed by atoms with E-state index in [4.69, 9.17) is 23.2 Å². The Labute approximate surface area is 186 Å². The molecule has 0 aliphatic rings. The van der Waals surface area contributed by atoms with E-state index in [9.17, 15) is 19.8 Å². The van der Waals surface area contributed by atoms with Crippen molar-refractivity contribution in [3.05, 3.63) is 63.6 Å². The molecule has 4 N–H and O–H groups in total. The largest absolute Gasteiger partial charge is 0.480 e. The van der Waals surface area contributed by atoms with Gasteiger partial charge in [0.25, 0.3) is 0 Å². The third-order valence-corrected chi connectivity index (χ3v) is 4.95. The molecule has 162 valence electrons. The van der Waals surface area contributed by atoms with Crippen molar-refractivity contribution in [3.8, 4) is 0 Å². The van der Waals surface area contributed by atoms with Crippen LogP contribution < -0.4 is 10.6 Å². The summed E-state index contributed by atoms with van der Waals surface area (Å²) in [5.74, 6) is -1.99. The number of halogens is 2. The summed E-state index contributed by atoms with van der Waals surface area (Å²) in [6, 6.07) is 10.8. The van der Waals surface area contributed by atoms with Gasteiger partial charge in [-0.3, -0.25) is 14.9 Å². The summed E-state index contributed by atoms with van der Waals surface area (Å²) in [4.78, 5) is 23.1. The molecular formula is C22H26Cl2N2O4. The first kappa shape index (κ1) is 24.0. The number of carboxylic acid groups (broad SMARTS) is 2. The topological polar surface area (TPSA) is 98.7 Å². The van der Waals surface area contributed by atoms with E-state index in [0.29, 0.717) is 23.0 Å². The van der Waals surface area contributed by atoms with Crippen molar-refractivity contribution < 1.29 is 19.8 Å². The van der Waals surface area contributed by atoms with Gasteiger partial charge in [-0.1, -0.05) is 49.2 Å². The Morgan fingerprint density at radius 1 is 0.900 bits per heavy atom. The number of hydrogen-bond acceptors (Lipinski definition) is 4. The molecule has 0 aromatic heterocycles. The van der Waals surface area contributed by atoms with Crippen LogP contribution in [-0.2, 0) is 22.6 Å². The minimum absolute atomic E-state index is 0.132. The molecule has 0 fully saturated rings. The van der Waals surface area contributed by atoms with Crippen LogP contribution in [0.1, 0.15) is 31.4 Å². The summed E-state index contributed by atoms with van der Waals surface area (Å²) in [7, 11) is 0. The van der Waals surface area contributed by atoms with Crippen molar-refractivity contribution in [2.75, 3.05) is 5.32 Å². The second-order valence-corrected chi connectivity index (χ2v) is 8.48. The molecule has 2 aromatic carbocycles. The zero-order valence-electron chi connectivity index (χ0n) is 16.9. The average Bonchev–Trinajstić information content (AvgIpc) is 2.65. The van der Waals surface area contributed by atoms with Crippen molar-refractivity contribution >= 4 is 40.8 Å². The van der Waals surface area contributed by atoms with E-state index in [-0.39, 0.29) is 12.3 Å². The number of nitrogens with one attached hydrogen (secondary N) is 2. The highest BCUT2D eigenvalue weighted by Crippen LogP contribution is 2.20. The normalized spacial score (nSPS) is 13.1. The molecule has 0 radical (unpaired) electrons. The van der Waals surface area contributed by atoms with Crippen molar-refractivity contribution in [3.63, 3.8) is 0 Å². The molecule has 6 nitrogen and oxygen atoms in total. The van der Waals surface area contributed by atoms with Crippen molar-refractivity contribution in [1.29, 1.82) is 0 Å². The Balaban J connectivity index is 1.99. The van der Waals surface area contributed by atoms with Gasteiger partial charge in [0.1, 0.15) is 12.1 Å². The van der Waals surface area contributed by atoms with Gasteiger partial charge in [-0.25, -0.2) is 0 Å². The van der Waals surface area contributed by atoms with Crippen molar-refractivity contribution in [2.45, 2.75) is 45.3 Å². The fraction of sp³-hybridized carbons (Fsp3) is 0.364. The van der Waals surface area contributed by atoms with Crippen LogP contribution in [-0.4, -0.2) is 34.2 Å². The molecule has 0 spiro atoms. The van der Waals surface area contributed by atoms with Crippen LogP contribution in [0.5, 0.6) is 0 Å². The number of hydrogen-bond donors (Lipinski definition) is 4. The minimum atomic E-state index is -1.08. The molecule has 0 amide bonds. The highest BCUT2D eigenvalue weighted by Gasteiger charge is 2.26. The zero-order valence-corrected chi connectivity index (χ0v) is 18.4. The van der Waals surface area contributed by atoms with Gasteiger partial charge in [0.05, 0.1) is 0 Å². The van der Waals surface area contributed by atoms with E-state index in [1.807, 2.05) is 50.2 Å². The van der Waals surface area contributed by atoms with Crippen LogP contribution in [0.25, 0.3) is 0 Å². The summed E-state index contributed by atoms with van der Waals surface area (Å²) < 4.78 is 0. The smallest absolute Gasteiger partial charge is 0.321 e. The summed E-state index contributed by atoms with van der Waals surface area (Å²) in [5.41, 5.74) is 2.59. The molecule has 2 atom stereocenters. The zero-order chi connectivity index (χ0) is 22.3. The fourth-order valence-electron chi connectivity index (χ4n) is 3.08. The lowest BCUT2D eigenvalue weighted by atomic mass is 10.0. The van der Waals surface area contributed by atoms with E-state index in [1.165, 1.54) is 0 Å². The first-order valence-electron chi connectivity index (χ1n) is 9.63. The fourth-order valence-corrected chi connectivity index (χ4v) is 3.65. The minimum Gasteiger partial charge on any atom is -0.480 e. The molecule has 0 aliphatic heterocycles. The van der Waals surface area contributed by atoms with Gasteiger partial charge in [0, 0.05) is 22.3 Å². The Morgan fingerprint density at radius 2 is 1.47 bits per heavy atom. The number of carboxylic acids is 2. The summed E-state index contributed by atoms with van der Waals surface area (Å²) in [6.07, 6.45) is 0.539. The lowest BCUT2D eigenvalue weighted by Crippen LogP contribution is -2.48. The molecule has 0 saturated heterocycles. The number of rotatable bonds is 11. The highest BCUT2D eigenvalue weighted by molar-refractivity contribution is 6.34. The summed E-state index contributed by atoms with van der Waals surface area (Å²) >= 11 is 12.0. The number of benzene rings is 2. The first-order chi connectivity index (χ1) is 14.1. The predicted octanol–water partition coefficient (Wildman–Crippen LogP) is 4.69.